The quantitative estimate of drug-likeness (QED) is 0.690. The van der Waals surface area contributed by atoms with Gasteiger partial charge >= 0.3 is 6.18 Å². The second-order valence-electron chi connectivity index (χ2n) is 5.61. The van der Waals surface area contributed by atoms with E-state index < -0.39 is 17.6 Å². The first-order chi connectivity index (χ1) is 12.9. The van der Waals surface area contributed by atoms with Crippen molar-refractivity contribution < 1.29 is 22.4 Å². The number of halogens is 3. The standard InChI is InChI=1S/C18H15F3N4O2/c1-25-16(17(26)23-10-13-6-4-8-27-13)15(11-24-25)22-9-12-5-2-3-7-14(12)18(19,20)21/h2-9,11H,10H2,1H3,(H,23,26). The van der Waals surface area contributed by atoms with Gasteiger partial charge in [0.2, 0.25) is 0 Å². The first kappa shape index (κ1) is 18.4. The van der Waals surface area contributed by atoms with Crippen LogP contribution >= 0.6 is 0 Å². The summed E-state index contributed by atoms with van der Waals surface area (Å²) in [5.74, 6) is 0.0948. The summed E-state index contributed by atoms with van der Waals surface area (Å²) in [6.07, 6.45) is -0.627. The minimum Gasteiger partial charge on any atom is -0.467 e. The molecule has 9 heteroatoms. The smallest absolute Gasteiger partial charge is 0.417 e. The van der Waals surface area contributed by atoms with E-state index in [1.165, 1.54) is 35.3 Å². The molecule has 1 aromatic carbocycles. The number of hydrogen-bond acceptors (Lipinski definition) is 4. The average Bonchev–Trinajstić information content (AvgIpc) is 3.27. The number of furan rings is 1. The van der Waals surface area contributed by atoms with Crippen LogP contribution in [0.15, 0.2) is 58.3 Å². The molecule has 0 saturated heterocycles. The van der Waals surface area contributed by atoms with Crippen LogP contribution in [0.5, 0.6) is 0 Å². The highest BCUT2D eigenvalue weighted by molar-refractivity contribution is 5.98. The minimum atomic E-state index is -4.50. The largest absolute Gasteiger partial charge is 0.467 e. The molecule has 0 spiro atoms. The van der Waals surface area contributed by atoms with Crippen molar-refractivity contribution in [1.29, 1.82) is 0 Å². The number of hydrogen-bond donors (Lipinski definition) is 1. The van der Waals surface area contributed by atoms with Gasteiger partial charge in [0.25, 0.3) is 5.91 Å². The Morgan fingerprint density at radius 1 is 1.30 bits per heavy atom. The van der Waals surface area contributed by atoms with Crippen LogP contribution in [0.25, 0.3) is 0 Å². The van der Waals surface area contributed by atoms with Gasteiger partial charge in [-0.05, 0) is 18.2 Å². The topological polar surface area (TPSA) is 72.4 Å². The number of nitrogens with one attached hydrogen (secondary N) is 1. The van der Waals surface area contributed by atoms with Gasteiger partial charge in [-0.15, -0.1) is 0 Å². The van der Waals surface area contributed by atoms with Crippen molar-refractivity contribution in [2.45, 2.75) is 12.7 Å². The molecule has 0 bridgehead atoms. The van der Waals surface area contributed by atoms with Gasteiger partial charge in [0.05, 0.1) is 24.6 Å². The van der Waals surface area contributed by atoms with E-state index >= 15 is 0 Å². The Balaban J connectivity index is 1.83. The van der Waals surface area contributed by atoms with Crippen LogP contribution in [0.2, 0.25) is 0 Å². The lowest BCUT2D eigenvalue weighted by molar-refractivity contribution is -0.137. The first-order valence-corrected chi connectivity index (χ1v) is 7.89. The third kappa shape index (κ3) is 4.25. The summed E-state index contributed by atoms with van der Waals surface area (Å²) < 4.78 is 45.7. The molecule has 3 rings (SSSR count). The summed E-state index contributed by atoms with van der Waals surface area (Å²) in [4.78, 5) is 16.5. The highest BCUT2D eigenvalue weighted by atomic mass is 19.4. The van der Waals surface area contributed by atoms with Crippen LogP contribution in [0.1, 0.15) is 27.4 Å². The Bertz CT molecular complexity index is 959. The zero-order chi connectivity index (χ0) is 19.4. The maximum Gasteiger partial charge on any atom is 0.417 e. The molecule has 0 aliphatic rings. The van der Waals surface area contributed by atoms with Crippen molar-refractivity contribution in [2.24, 2.45) is 12.0 Å². The number of alkyl halides is 3. The van der Waals surface area contributed by atoms with Gasteiger partial charge in [-0.25, -0.2) is 0 Å². The van der Waals surface area contributed by atoms with Crippen molar-refractivity contribution in [2.75, 3.05) is 0 Å². The predicted octanol–water partition coefficient (Wildman–Crippen LogP) is 3.71. The molecule has 2 aromatic heterocycles. The molecule has 0 aliphatic carbocycles. The zero-order valence-electron chi connectivity index (χ0n) is 14.2. The number of amides is 1. The molecule has 140 valence electrons. The molecule has 27 heavy (non-hydrogen) atoms. The highest BCUT2D eigenvalue weighted by Crippen LogP contribution is 2.31. The van der Waals surface area contributed by atoms with E-state index in [1.54, 1.807) is 19.2 Å². The van der Waals surface area contributed by atoms with Crippen LogP contribution in [-0.4, -0.2) is 21.9 Å². The third-order valence-corrected chi connectivity index (χ3v) is 3.75. The number of carbonyl (C=O) groups is 1. The van der Waals surface area contributed by atoms with Gasteiger partial charge in [-0.3, -0.25) is 14.5 Å². The van der Waals surface area contributed by atoms with E-state index in [1.807, 2.05) is 0 Å². The van der Waals surface area contributed by atoms with E-state index in [-0.39, 0.29) is 23.5 Å². The monoisotopic (exact) mass is 376 g/mol. The molecule has 3 aromatic rings. The van der Waals surface area contributed by atoms with Crippen LogP contribution in [0.3, 0.4) is 0 Å². The predicted molar refractivity (Wildman–Crippen MR) is 91.8 cm³/mol. The van der Waals surface area contributed by atoms with Gasteiger partial charge in [-0.2, -0.15) is 18.3 Å². The van der Waals surface area contributed by atoms with Crippen LogP contribution in [0, 0.1) is 0 Å². The molecule has 0 atom stereocenters. The van der Waals surface area contributed by atoms with Crippen LogP contribution in [-0.2, 0) is 19.8 Å². The average molecular weight is 376 g/mol. The van der Waals surface area contributed by atoms with E-state index in [9.17, 15) is 18.0 Å². The summed E-state index contributed by atoms with van der Waals surface area (Å²) in [6, 6.07) is 8.46. The Labute approximate surface area is 152 Å². The molecule has 0 saturated carbocycles. The SMILES string of the molecule is Cn1ncc(N=Cc2ccccc2C(F)(F)F)c1C(=O)NCc1ccco1. The molecule has 2 heterocycles. The number of aromatic nitrogens is 2. The number of rotatable bonds is 5. The lowest BCUT2D eigenvalue weighted by Crippen LogP contribution is -2.25. The Morgan fingerprint density at radius 2 is 2.07 bits per heavy atom. The second-order valence-corrected chi connectivity index (χ2v) is 5.61. The molecule has 6 nitrogen and oxygen atoms in total. The Hall–Kier alpha value is -3.36. The number of carbonyl (C=O) groups excluding carboxylic acids is 1. The van der Waals surface area contributed by atoms with Gasteiger partial charge in [0.15, 0.2) is 5.69 Å². The molecule has 0 unspecified atom stereocenters. The summed E-state index contributed by atoms with van der Waals surface area (Å²) in [7, 11) is 1.55. The summed E-state index contributed by atoms with van der Waals surface area (Å²) in [5, 5.41) is 6.62. The number of benzene rings is 1. The molecule has 1 N–H and O–H groups in total. The number of aliphatic imine (C=N–C) groups is 1. The molecule has 0 aliphatic heterocycles. The molecular weight excluding hydrogens is 361 g/mol. The normalized spacial score (nSPS) is 11.9. The second kappa shape index (κ2) is 7.48. The first-order valence-electron chi connectivity index (χ1n) is 7.89. The highest BCUT2D eigenvalue weighted by Gasteiger charge is 2.32. The van der Waals surface area contributed by atoms with Gasteiger partial charge in [0.1, 0.15) is 11.4 Å². The van der Waals surface area contributed by atoms with Crippen molar-refractivity contribution in [3.63, 3.8) is 0 Å². The van der Waals surface area contributed by atoms with Gasteiger partial charge < -0.3 is 9.73 Å². The Kier molecular flexibility index (Phi) is 5.11. The zero-order valence-corrected chi connectivity index (χ0v) is 14.2. The molecule has 0 radical (unpaired) electrons. The van der Waals surface area contributed by atoms with Gasteiger partial charge in [-0.1, -0.05) is 18.2 Å². The fraction of sp³-hybridized carbons (Fsp3) is 0.167. The van der Waals surface area contributed by atoms with E-state index in [0.717, 1.165) is 12.3 Å². The van der Waals surface area contributed by atoms with Crippen molar-refractivity contribution >= 4 is 17.8 Å². The lowest BCUT2D eigenvalue weighted by Gasteiger charge is -2.09. The Morgan fingerprint density at radius 3 is 2.78 bits per heavy atom. The van der Waals surface area contributed by atoms with Crippen LogP contribution in [0.4, 0.5) is 18.9 Å². The molecule has 0 fully saturated rings. The van der Waals surface area contributed by atoms with Crippen molar-refractivity contribution in [3.8, 4) is 0 Å². The fourth-order valence-corrected chi connectivity index (χ4v) is 2.45. The maximum atomic E-state index is 13.1. The molecule has 1 amide bonds. The molecular formula is C18H15F3N4O2. The number of aryl methyl sites for hydroxylation is 1. The third-order valence-electron chi connectivity index (χ3n) is 3.75. The van der Waals surface area contributed by atoms with Crippen molar-refractivity contribution in [3.05, 3.63) is 71.4 Å². The van der Waals surface area contributed by atoms with Gasteiger partial charge in [0, 0.05) is 18.8 Å². The van der Waals surface area contributed by atoms with E-state index in [4.69, 9.17) is 4.42 Å². The van der Waals surface area contributed by atoms with Crippen LogP contribution < -0.4 is 5.32 Å². The van der Waals surface area contributed by atoms with Crippen molar-refractivity contribution in [1.82, 2.24) is 15.1 Å². The summed E-state index contributed by atoms with van der Waals surface area (Å²) in [5.41, 5.74) is -0.619. The summed E-state index contributed by atoms with van der Waals surface area (Å²) in [6.45, 7) is 0.164. The fourth-order valence-electron chi connectivity index (χ4n) is 2.45. The summed E-state index contributed by atoms with van der Waals surface area (Å²) >= 11 is 0. The number of nitrogens with zero attached hydrogens (tertiary/aromatic N) is 3. The van der Waals surface area contributed by atoms with E-state index in [2.05, 4.69) is 15.4 Å². The minimum absolute atomic E-state index is 0.101. The lowest BCUT2D eigenvalue weighted by atomic mass is 10.1. The van der Waals surface area contributed by atoms with E-state index in [0.29, 0.717) is 5.76 Å². The maximum absolute atomic E-state index is 13.1.